The summed E-state index contributed by atoms with van der Waals surface area (Å²) < 4.78 is 13.7. The standard InChI is InChI=1S/C9H12BrFN2/c1-5-6(9(2,3)4)7(10)12-13-8(5)11/h1-4H3. The first-order valence-electron chi connectivity index (χ1n) is 4.03. The molecule has 0 atom stereocenters. The zero-order valence-electron chi connectivity index (χ0n) is 8.15. The monoisotopic (exact) mass is 246 g/mol. The molecule has 0 saturated carbocycles. The van der Waals surface area contributed by atoms with Crippen LogP contribution >= 0.6 is 15.9 Å². The van der Waals surface area contributed by atoms with Crippen LogP contribution in [0.3, 0.4) is 0 Å². The molecule has 1 aromatic heterocycles. The van der Waals surface area contributed by atoms with Crippen molar-refractivity contribution in [3.05, 3.63) is 21.7 Å². The molecule has 1 heterocycles. The Morgan fingerprint density at radius 2 is 1.77 bits per heavy atom. The number of aromatic nitrogens is 2. The molecular weight excluding hydrogens is 235 g/mol. The van der Waals surface area contributed by atoms with Gasteiger partial charge in [0.05, 0.1) is 0 Å². The van der Waals surface area contributed by atoms with E-state index in [-0.39, 0.29) is 5.41 Å². The Balaban J connectivity index is 3.43. The van der Waals surface area contributed by atoms with Crippen molar-refractivity contribution in [2.24, 2.45) is 0 Å². The Kier molecular flexibility index (Phi) is 2.71. The molecule has 0 bridgehead atoms. The van der Waals surface area contributed by atoms with E-state index in [1.54, 1.807) is 6.92 Å². The highest BCUT2D eigenvalue weighted by molar-refractivity contribution is 9.10. The van der Waals surface area contributed by atoms with Crippen LogP contribution in [0.1, 0.15) is 31.9 Å². The maximum atomic E-state index is 13.1. The van der Waals surface area contributed by atoms with Gasteiger partial charge in [0.1, 0.15) is 4.60 Å². The molecule has 0 aliphatic rings. The van der Waals surface area contributed by atoms with Crippen molar-refractivity contribution < 1.29 is 4.39 Å². The molecule has 0 aromatic carbocycles. The van der Waals surface area contributed by atoms with Gasteiger partial charge >= 0.3 is 0 Å². The molecule has 0 saturated heterocycles. The molecule has 0 N–H and O–H groups in total. The summed E-state index contributed by atoms with van der Waals surface area (Å²) in [5.74, 6) is -0.492. The summed E-state index contributed by atoms with van der Waals surface area (Å²) in [5, 5.41) is 7.09. The normalized spacial score (nSPS) is 11.8. The van der Waals surface area contributed by atoms with Crippen LogP contribution in [0.4, 0.5) is 4.39 Å². The molecular formula is C9H12BrFN2. The minimum absolute atomic E-state index is 0.125. The Labute approximate surface area is 85.7 Å². The van der Waals surface area contributed by atoms with Crippen LogP contribution in [0.2, 0.25) is 0 Å². The highest BCUT2D eigenvalue weighted by Gasteiger charge is 2.23. The molecule has 0 aliphatic carbocycles. The topological polar surface area (TPSA) is 25.8 Å². The largest absolute Gasteiger partial charge is 0.236 e. The van der Waals surface area contributed by atoms with Gasteiger partial charge in [-0.1, -0.05) is 20.8 Å². The average Bonchev–Trinajstić information content (AvgIpc) is 1.95. The maximum Gasteiger partial charge on any atom is 0.236 e. The minimum Gasteiger partial charge on any atom is -0.183 e. The fourth-order valence-corrected chi connectivity index (χ4v) is 2.31. The lowest BCUT2D eigenvalue weighted by molar-refractivity contribution is 0.517. The fourth-order valence-electron chi connectivity index (χ4n) is 1.34. The van der Waals surface area contributed by atoms with Crippen LogP contribution in [0.25, 0.3) is 0 Å². The van der Waals surface area contributed by atoms with Gasteiger partial charge in [-0.3, -0.25) is 0 Å². The molecule has 2 nitrogen and oxygen atoms in total. The molecule has 0 radical (unpaired) electrons. The predicted molar refractivity (Wildman–Crippen MR) is 53.1 cm³/mol. The Morgan fingerprint density at radius 1 is 1.23 bits per heavy atom. The van der Waals surface area contributed by atoms with Gasteiger partial charge in [0, 0.05) is 5.56 Å². The first-order chi connectivity index (χ1) is 5.84. The SMILES string of the molecule is Cc1c(F)nnc(Br)c1C(C)(C)C. The van der Waals surface area contributed by atoms with Crippen molar-refractivity contribution in [1.29, 1.82) is 0 Å². The minimum atomic E-state index is -0.492. The van der Waals surface area contributed by atoms with Gasteiger partial charge in [0.15, 0.2) is 0 Å². The van der Waals surface area contributed by atoms with Crippen LogP contribution in [0, 0.1) is 12.9 Å². The van der Waals surface area contributed by atoms with Crippen molar-refractivity contribution in [2.75, 3.05) is 0 Å². The van der Waals surface area contributed by atoms with Crippen molar-refractivity contribution in [2.45, 2.75) is 33.1 Å². The highest BCUT2D eigenvalue weighted by atomic mass is 79.9. The third-order valence-corrected chi connectivity index (χ3v) is 2.42. The smallest absolute Gasteiger partial charge is 0.183 e. The van der Waals surface area contributed by atoms with Crippen molar-refractivity contribution in [1.82, 2.24) is 10.2 Å². The third kappa shape index (κ3) is 2.05. The molecule has 13 heavy (non-hydrogen) atoms. The lowest BCUT2D eigenvalue weighted by atomic mass is 9.86. The first-order valence-corrected chi connectivity index (χ1v) is 4.82. The molecule has 1 rings (SSSR count). The number of hydrogen-bond donors (Lipinski definition) is 0. The van der Waals surface area contributed by atoms with Gasteiger partial charge in [-0.05, 0) is 33.8 Å². The molecule has 0 aliphatic heterocycles. The number of halogens is 2. The van der Waals surface area contributed by atoms with Crippen LogP contribution in [-0.2, 0) is 5.41 Å². The van der Waals surface area contributed by atoms with Crippen LogP contribution < -0.4 is 0 Å². The van der Waals surface area contributed by atoms with E-state index in [0.717, 1.165) is 5.56 Å². The Morgan fingerprint density at radius 3 is 2.15 bits per heavy atom. The van der Waals surface area contributed by atoms with Gasteiger partial charge in [0.2, 0.25) is 5.95 Å². The van der Waals surface area contributed by atoms with E-state index in [1.807, 2.05) is 20.8 Å². The van der Waals surface area contributed by atoms with E-state index < -0.39 is 5.95 Å². The summed E-state index contributed by atoms with van der Waals surface area (Å²) in [4.78, 5) is 0. The number of rotatable bonds is 0. The van der Waals surface area contributed by atoms with Gasteiger partial charge in [-0.15, -0.1) is 10.2 Å². The fraction of sp³-hybridized carbons (Fsp3) is 0.556. The summed E-state index contributed by atoms with van der Waals surface area (Å²) >= 11 is 3.28. The average molecular weight is 247 g/mol. The van der Waals surface area contributed by atoms with E-state index in [9.17, 15) is 4.39 Å². The zero-order chi connectivity index (χ0) is 10.2. The summed E-state index contributed by atoms with van der Waals surface area (Å²) in [5.41, 5.74) is 1.31. The van der Waals surface area contributed by atoms with Crippen molar-refractivity contribution in [3.8, 4) is 0 Å². The molecule has 0 unspecified atom stereocenters. The summed E-state index contributed by atoms with van der Waals surface area (Å²) in [7, 11) is 0. The van der Waals surface area contributed by atoms with Crippen molar-refractivity contribution in [3.63, 3.8) is 0 Å². The van der Waals surface area contributed by atoms with Crippen LogP contribution in [0.15, 0.2) is 4.60 Å². The molecule has 0 spiro atoms. The second-order valence-electron chi connectivity index (χ2n) is 4.03. The second-order valence-corrected chi connectivity index (χ2v) is 4.78. The van der Waals surface area contributed by atoms with E-state index in [1.165, 1.54) is 0 Å². The van der Waals surface area contributed by atoms with Gasteiger partial charge in [-0.25, -0.2) is 0 Å². The molecule has 0 amide bonds. The molecule has 4 heteroatoms. The lowest BCUT2D eigenvalue weighted by Gasteiger charge is -2.21. The molecule has 72 valence electrons. The van der Waals surface area contributed by atoms with Crippen LogP contribution in [0.5, 0.6) is 0 Å². The number of hydrogen-bond acceptors (Lipinski definition) is 2. The van der Waals surface area contributed by atoms with E-state index >= 15 is 0 Å². The summed E-state index contributed by atoms with van der Waals surface area (Å²) in [6, 6.07) is 0. The lowest BCUT2D eigenvalue weighted by Crippen LogP contribution is -2.16. The molecule has 1 aromatic rings. The summed E-state index contributed by atoms with van der Waals surface area (Å²) in [6.45, 7) is 7.76. The zero-order valence-corrected chi connectivity index (χ0v) is 9.74. The van der Waals surface area contributed by atoms with Gasteiger partial charge < -0.3 is 0 Å². The maximum absolute atomic E-state index is 13.1. The third-order valence-electron chi connectivity index (χ3n) is 1.87. The second kappa shape index (κ2) is 3.33. The first kappa shape index (κ1) is 10.6. The van der Waals surface area contributed by atoms with Crippen LogP contribution in [-0.4, -0.2) is 10.2 Å². The summed E-state index contributed by atoms with van der Waals surface area (Å²) in [6.07, 6.45) is 0. The number of nitrogens with zero attached hydrogens (tertiary/aromatic N) is 2. The van der Waals surface area contributed by atoms with Crippen molar-refractivity contribution >= 4 is 15.9 Å². The Hall–Kier alpha value is -0.510. The van der Waals surface area contributed by atoms with E-state index in [2.05, 4.69) is 26.1 Å². The Bertz CT molecular complexity index is 331. The van der Waals surface area contributed by atoms with E-state index in [4.69, 9.17) is 0 Å². The molecule has 0 fully saturated rings. The quantitative estimate of drug-likeness (QED) is 0.704. The van der Waals surface area contributed by atoms with E-state index in [0.29, 0.717) is 10.2 Å². The van der Waals surface area contributed by atoms with Gasteiger partial charge in [-0.2, -0.15) is 4.39 Å². The van der Waals surface area contributed by atoms with Gasteiger partial charge in [0.25, 0.3) is 0 Å². The highest BCUT2D eigenvalue weighted by Crippen LogP contribution is 2.31. The predicted octanol–water partition coefficient (Wildman–Crippen LogP) is 2.98.